The Balaban J connectivity index is 0.00000180. The van der Waals surface area contributed by atoms with E-state index in [1.165, 1.54) is 0 Å². The van der Waals surface area contributed by atoms with Crippen LogP contribution in [0, 0.1) is 6.92 Å². The number of aryl methyl sites for hydroxylation is 2. The minimum Gasteiger partial charge on any atom is -0.328 e. The van der Waals surface area contributed by atoms with Gasteiger partial charge in [-0.1, -0.05) is 0 Å². The molecule has 0 spiro atoms. The number of nitrogens with one attached hydrogen (secondary N) is 1. The average molecular weight is 324 g/mol. The number of carbonyl (C=O) groups is 1. The summed E-state index contributed by atoms with van der Waals surface area (Å²) >= 11 is 0. The molecule has 0 unspecified atom stereocenters. The second kappa shape index (κ2) is 8.46. The lowest BCUT2D eigenvalue weighted by molar-refractivity contribution is -0.117. The summed E-state index contributed by atoms with van der Waals surface area (Å²) in [6, 6.07) is 2.16. The summed E-state index contributed by atoms with van der Waals surface area (Å²) in [5, 5.41) is 7.07. The second-order valence-corrected chi connectivity index (χ2v) is 4.96. The van der Waals surface area contributed by atoms with Gasteiger partial charge in [0, 0.05) is 32.2 Å². The van der Waals surface area contributed by atoms with Crippen molar-refractivity contribution in [3.63, 3.8) is 0 Å². The zero-order valence-electron chi connectivity index (χ0n) is 11.8. The molecule has 3 N–H and O–H groups in total. The fourth-order valence-electron chi connectivity index (χ4n) is 2.22. The van der Waals surface area contributed by atoms with E-state index in [1.807, 2.05) is 20.0 Å². The lowest BCUT2D eigenvalue weighted by Gasteiger charge is -2.29. The van der Waals surface area contributed by atoms with Crippen LogP contribution in [0.15, 0.2) is 6.07 Å². The van der Waals surface area contributed by atoms with Gasteiger partial charge in [0.1, 0.15) is 5.82 Å². The fraction of sp³-hybridized carbons (Fsp3) is 0.667. The maximum absolute atomic E-state index is 11.9. The van der Waals surface area contributed by atoms with E-state index < -0.39 is 0 Å². The largest absolute Gasteiger partial charge is 0.328 e. The third-order valence-corrected chi connectivity index (χ3v) is 3.27. The molecular weight excluding hydrogens is 301 g/mol. The molecular formula is C12H23Cl2N5O. The Kier molecular flexibility index (Phi) is 8.12. The first-order valence-electron chi connectivity index (χ1n) is 6.33. The predicted octanol–water partition coefficient (Wildman–Crippen LogP) is 0.934. The number of hydrogen-bond donors (Lipinski definition) is 2. The van der Waals surface area contributed by atoms with Gasteiger partial charge < -0.3 is 11.1 Å². The van der Waals surface area contributed by atoms with Gasteiger partial charge in [-0.05, 0) is 19.8 Å². The average Bonchev–Trinajstić information content (AvgIpc) is 2.61. The maximum atomic E-state index is 11.9. The number of anilines is 1. The molecule has 2 rings (SSSR count). The highest BCUT2D eigenvalue weighted by atomic mass is 35.5. The number of nitrogens with zero attached hydrogens (tertiary/aromatic N) is 3. The highest BCUT2D eigenvalue weighted by Crippen LogP contribution is 2.10. The van der Waals surface area contributed by atoms with E-state index in [2.05, 4.69) is 15.3 Å². The van der Waals surface area contributed by atoms with Gasteiger partial charge in [0.2, 0.25) is 5.91 Å². The first kappa shape index (κ1) is 19.2. The van der Waals surface area contributed by atoms with Crippen molar-refractivity contribution >= 4 is 36.5 Å². The van der Waals surface area contributed by atoms with Gasteiger partial charge in [0.05, 0.1) is 12.2 Å². The van der Waals surface area contributed by atoms with E-state index in [9.17, 15) is 4.79 Å². The fourth-order valence-corrected chi connectivity index (χ4v) is 2.22. The smallest absolute Gasteiger partial charge is 0.239 e. The molecule has 1 amide bonds. The molecule has 116 valence electrons. The molecule has 1 aromatic heterocycles. The summed E-state index contributed by atoms with van der Waals surface area (Å²) in [5.74, 6) is 0.750. The van der Waals surface area contributed by atoms with Crippen LogP contribution in [0.25, 0.3) is 0 Å². The number of likely N-dealkylation sites (tertiary alicyclic amines) is 1. The van der Waals surface area contributed by atoms with Crippen molar-refractivity contribution in [3.05, 3.63) is 11.8 Å². The first-order chi connectivity index (χ1) is 8.54. The quantitative estimate of drug-likeness (QED) is 0.867. The number of halogens is 2. The number of aromatic nitrogens is 2. The lowest BCUT2D eigenvalue weighted by Crippen LogP contribution is -2.43. The minimum absolute atomic E-state index is 0. The van der Waals surface area contributed by atoms with Gasteiger partial charge >= 0.3 is 0 Å². The van der Waals surface area contributed by atoms with Crippen LogP contribution in [0.5, 0.6) is 0 Å². The van der Waals surface area contributed by atoms with Gasteiger partial charge in [-0.15, -0.1) is 24.8 Å². The van der Waals surface area contributed by atoms with Crippen LogP contribution in [0.3, 0.4) is 0 Å². The van der Waals surface area contributed by atoms with E-state index >= 15 is 0 Å². The Morgan fingerprint density at radius 3 is 2.55 bits per heavy atom. The van der Waals surface area contributed by atoms with Gasteiger partial charge in [-0.25, -0.2) is 0 Å². The number of amides is 1. The third kappa shape index (κ3) is 5.28. The van der Waals surface area contributed by atoms with Crippen molar-refractivity contribution in [2.75, 3.05) is 25.0 Å². The molecule has 1 aliphatic rings. The molecule has 1 fully saturated rings. The van der Waals surface area contributed by atoms with Crippen molar-refractivity contribution in [1.29, 1.82) is 0 Å². The monoisotopic (exact) mass is 323 g/mol. The predicted molar refractivity (Wildman–Crippen MR) is 84.7 cm³/mol. The molecule has 0 saturated carbocycles. The molecule has 0 atom stereocenters. The molecule has 1 saturated heterocycles. The van der Waals surface area contributed by atoms with Gasteiger partial charge in [-0.3, -0.25) is 14.4 Å². The Hall–Kier alpha value is -0.820. The molecule has 0 bridgehead atoms. The highest BCUT2D eigenvalue weighted by molar-refractivity contribution is 5.91. The summed E-state index contributed by atoms with van der Waals surface area (Å²) in [6.07, 6.45) is 1.94. The van der Waals surface area contributed by atoms with E-state index in [1.54, 1.807) is 4.68 Å². The molecule has 8 heteroatoms. The van der Waals surface area contributed by atoms with Crippen molar-refractivity contribution in [2.24, 2.45) is 12.8 Å². The standard InChI is InChI=1S/C12H21N5O.2ClH/c1-9-7-11(16(2)15-9)14-12(18)8-17-5-3-10(13)4-6-17;;/h7,10H,3-6,8,13H2,1-2H3,(H,14,18);2*1H. The molecule has 2 heterocycles. The van der Waals surface area contributed by atoms with Crippen molar-refractivity contribution in [2.45, 2.75) is 25.8 Å². The zero-order valence-corrected chi connectivity index (χ0v) is 13.5. The van der Waals surface area contributed by atoms with Crippen LogP contribution in [-0.4, -0.2) is 46.3 Å². The van der Waals surface area contributed by atoms with E-state index in [0.717, 1.165) is 37.4 Å². The number of piperidine rings is 1. The maximum Gasteiger partial charge on any atom is 0.239 e. The third-order valence-electron chi connectivity index (χ3n) is 3.27. The van der Waals surface area contributed by atoms with Gasteiger partial charge in [-0.2, -0.15) is 5.10 Å². The van der Waals surface area contributed by atoms with E-state index in [0.29, 0.717) is 12.6 Å². The summed E-state index contributed by atoms with van der Waals surface area (Å²) in [7, 11) is 1.82. The Labute approximate surface area is 131 Å². The molecule has 0 aliphatic carbocycles. The van der Waals surface area contributed by atoms with Crippen molar-refractivity contribution < 1.29 is 4.79 Å². The van der Waals surface area contributed by atoms with Crippen molar-refractivity contribution in [3.8, 4) is 0 Å². The SMILES string of the molecule is Cc1cc(NC(=O)CN2CCC(N)CC2)n(C)n1.Cl.Cl. The van der Waals surface area contributed by atoms with Crippen molar-refractivity contribution in [1.82, 2.24) is 14.7 Å². The zero-order chi connectivity index (χ0) is 13.1. The Morgan fingerprint density at radius 2 is 2.05 bits per heavy atom. The second-order valence-electron chi connectivity index (χ2n) is 4.96. The summed E-state index contributed by atoms with van der Waals surface area (Å²) in [4.78, 5) is 14.0. The molecule has 6 nitrogen and oxygen atoms in total. The summed E-state index contributed by atoms with van der Waals surface area (Å²) < 4.78 is 1.68. The summed E-state index contributed by atoms with van der Waals surface area (Å²) in [6.45, 7) is 4.14. The normalized spacial score (nSPS) is 16.1. The number of rotatable bonds is 3. The highest BCUT2D eigenvalue weighted by Gasteiger charge is 2.18. The summed E-state index contributed by atoms with van der Waals surface area (Å²) in [5.41, 5.74) is 6.73. The van der Waals surface area contributed by atoms with Crippen LogP contribution in [0.1, 0.15) is 18.5 Å². The number of nitrogens with two attached hydrogens (primary N) is 1. The molecule has 1 aliphatic heterocycles. The minimum atomic E-state index is 0. The number of hydrogen-bond acceptors (Lipinski definition) is 4. The molecule has 20 heavy (non-hydrogen) atoms. The van der Waals surface area contributed by atoms with Crippen LogP contribution in [0.2, 0.25) is 0 Å². The molecule has 1 aromatic rings. The number of carbonyl (C=O) groups excluding carboxylic acids is 1. The van der Waals surface area contributed by atoms with Crippen LogP contribution in [-0.2, 0) is 11.8 Å². The van der Waals surface area contributed by atoms with E-state index in [-0.39, 0.29) is 30.7 Å². The van der Waals surface area contributed by atoms with E-state index in [4.69, 9.17) is 5.73 Å². The van der Waals surface area contributed by atoms with Crippen LogP contribution < -0.4 is 11.1 Å². The molecule has 0 radical (unpaired) electrons. The van der Waals surface area contributed by atoms with Crippen LogP contribution in [0.4, 0.5) is 5.82 Å². The Morgan fingerprint density at radius 1 is 1.45 bits per heavy atom. The molecule has 0 aromatic carbocycles. The van der Waals surface area contributed by atoms with Gasteiger partial charge in [0.15, 0.2) is 0 Å². The Bertz CT molecular complexity index is 429. The first-order valence-corrected chi connectivity index (χ1v) is 6.33. The van der Waals surface area contributed by atoms with Crippen LogP contribution >= 0.6 is 24.8 Å². The topological polar surface area (TPSA) is 76.2 Å². The van der Waals surface area contributed by atoms with Gasteiger partial charge in [0.25, 0.3) is 0 Å². The lowest BCUT2D eigenvalue weighted by atomic mass is 10.1.